The summed E-state index contributed by atoms with van der Waals surface area (Å²) in [7, 11) is 0. The van der Waals surface area contributed by atoms with E-state index in [1.165, 1.54) is 0 Å². The fourth-order valence-electron chi connectivity index (χ4n) is 4.78. The molecule has 1 atom stereocenters. The summed E-state index contributed by atoms with van der Waals surface area (Å²) in [6, 6.07) is 16.3. The van der Waals surface area contributed by atoms with E-state index in [9.17, 15) is 10.1 Å². The van der Waals surface area contributed by atoms with Crippen molar-refractivity contribution in [2.75, 3.05) is 4.90 Å². The Morgan fingerprint density at radius 3 is 2.66 bits per heavy atom. The van der Waals surface area contributed by atoms with Gasteiger partial charge in [-0.15, -0.1) is 0 Å². The van der Waals surface area contributed by atoms with Gasteiger partial charge in [0.05, 0.1) is 23.2 Å². The fourth-order valence-corrected chi connectivity index (χ4v) is 5.26. The van der Waals surface area contributed by atoms with Crippen LogP contribution in [0, 0.1) is 18.3 Å². The number of hydrogen-bond acceptors (Lipinski definition) is 4. The number of benzene rings is 1. The predicted octanol–water partition coefficient (Wildman–Crippen LogP) is 5.96. The minimum Gasteiger partial charge on any atom is -0.309 e. The van der Waals surface area contributed by atoms with E-state index >= 15 is 0 Å². The summed E-state index contributed by atoms with van der Waals surface area (Å²) < 4.78 is 2.97. The number of rotatable bonds is 3. The molecule has 0 saturated heterocycles. The lowest BCUT2D eigenvalue weighted by molar-refractivity contribution is -0.116. The van der Waals surface area contributed by atoms with Crippen molar-refractivity contribution < 1.29 is 4.79 Å². The summed E-state index contributed by atoms with van der Waals surface area (Å²) in [4.78, 5) is 19.7. The first-order chi connectivity index (χ1) is 15.6. The van der Waals surface area contributed by atoms with Crippen LogP contribution < -0.4 is 4.90 Å². The third-order valence-corrected chi connectivity index (χ3v) is 6.61. The molecule has 0 fully saturated rings. The lowest BCUT2D eigenvalue weighted by Gasteiger charge is -2.41. The average Bonchev–Trinajstić information content (AvgIpc) is 3.33. The fraction of sp³-hybridized carbons (Fsp3) is 0.192. The number of aromatic nitrogens is 2. The molecule has 0 spiro atoms. The Balaban J connectivity index is 1.86. The average molecular weight is 485 g/mol. The smallest absolute Gasteiger partial charge is 0.161 e. The second kappa shape index (κ2) is 8.25. The van der Waals surface area contributed by atoms with Crippen molar-refractivity contribution in [3.05, 3.63) is 99.7 Å². The van der Waals surface area contributed by atoms with Gasteiger partial charge in [0, 0.05) is 47.0 Å². The highest BCUT2D eigenvalue weighted by molar-refractivity contribution is 9.10. The predicted molar refractivity (Wildman–Crippen MR) is 127 cm³/mol. The highest BCUT2D eigenvalue weighted by Crippen LogP contribution is 2.49. The maximum Gasteiger partial charge on any atom is 0.161 e. The number of halogens is 1. The molecule has 1 unspecified atom stereocenters. The summed E-state index contributed by atoms with van der Waals surface area (Å²) in [5, 5.41) is 10.4. The molecule has 5 nitrogen and oxygen atoms in total. The van der Waals surface area contributed by atoms with Gasteiger partial charge in [-0.1, -0.05) is 22.0 Å². The summed E-state index contributed by atoms with van der Waals surface area (Å²) >= 11 is 3.56. The molecule has 158 valence electrons. The summed E-state index contributed by atoms with van der Waals surface area (Å²) in [5.41, 5.74) is 5.14. The molecule has 3 heterocycles. The highest BCUT2D eigenvalue weighted by atomic mass is 79.9. The number of nitrogens with zero attached hydrogens (tertiary/aromatic N) is 4. The van der Waals surface area contributed by atoms with Gasteiger partial charge >= 0.3 is 0 Å². The molecule has 32 heavy (non-hydrogen) atoms. The number of carbonyl (C=O) groups is 1. The van der Waals surface area contributed by atoms with Crippen molar-refractivity contribution in [2.24, 2.45) is 0 Å². The number of allylic oxidation sites excluding steroid dienone is 3. The first-order valence-electron chi connectivity index (χ1n) is 10.6. The van der Waals surface area contributed by atoms with Gasteiger partial charge in [-0.3, -0.25) is 14.7 Å². The number of anilines is 1. The lowest BCUT2D eigenvalue weighted by atomic mass is 9.76. The number of aryl methyl sites for hydroxylation is 1. The Morgan fingerprint density at radius 1 is 1.16 bits per heavy atom. The van der Waals surface area contributed by atoms with Crippen LogP contribution in [0.4, 0.5) is 5.69 Å². The molecule has 3 aromatic rings. The quantitative estimate of drug-likeness (QED) is 0.460. The highest BCUT2D eigenvalue weighted by Gasteiger charge is 2.41. The number of ketones is 1. The zero-order chi connectivity index (χ0) is 22.2. The van der Waals surface area contributed by atoms with E-state index in [1.54, 1.807) is 12.4 Å². The van der Waals surface area contributed by atoms with Gasteiger partial charge in [-0.05, 0) is 67.3 Å². The van der Waals surface area contributed by atoms with E-state index in [0.717, 1.165) is 51.2 Å². The second-order valence-electron chi connectivity index (χ2n) is 8.06. The van der Waals surface area contributed by atoms with Crippen molar-refractivity contribution in [3.8, 4) is 6.07 Å². The summed E-state index contributed by atoms with van der Waals surface area (Å²) in [6.45, 7) is 2.05. The van der Waals surface area contributed by atoms with E-state index in [2.05, 4.69) is 44.9 Å². The van der Waals surface area contributed by atoms with Crippen LogP contribution in [0.3, 0.4) is 0 Å². The molecular formula is C26H21BrN4O. The topological polar surface area (TPSA) is 61.9 Å². The zero-order valence-electron chi connectivity index (χ0n) is 17.6. The van der Waals surface area contributed by atoms with Crippen LogP contribution in [-0.4, -0.2) is 15.3 Å². The maximum atomic E-state index is 13.3. The number of nitriles is 1. The van der Waals surface area contributed by atoms with Crippen LogP contribution in [-0.2, 0) is 4.79 Å². The number of pyridine rings is 1. The Kier molecular flexibility index (Phi) is 5.28. The molecule has 6 heteroatoms. The Hall–Kier alpha value is -3.43. The standard InChI is InChI=1S/C26H21BrN4O/c1-17-14-19(27)9-10-21(17)31-22-7-4-8-23(32)25(22)24(18-6-5-11-29-16-18)20(15-28)26(31)30-12-2-3-13-30/h2-3,5-6,9-14,16,24H,4,7-8H2,1H3. The van der Waals surface area contributed by atoms with Gasteiger partial charge in [-0.2, -0.15) is 5.26 Å². The third-order valence-electron chi connectivity index (χ3n) is 6.12. The van der Waals surface area contributed by atoms with Gasteiger partial charge in [0.15, 0.2) is 5.78 Å². The van der Waals surface area contributed by atoms with Gasteiger partial charge in [-0.25, -0.2) is 0 Å². The molecule has 1 aliphatic carbocycles. The van der Waals surface area contributed by atoms with Crippen molar-refractivity contribution in [3.63, 3.8) is 0 Å². The van der Waals surface area contributed by atoms with Crippen molar-refractivity contribution in [1.29, 1.82) is 5.26 Å². The van der Waals surface area contributed by atoms with Crippen molar-refractivity contribution in [2.45, 2.75) is 32.1 Å². The lowest BCUT2D eigenvalue weighted by Crippen LogP contribution is -2.37. The van der Waals surface area contributed by atoms with E-state index in [4.69, 9.17) is 0 Å². The normalized spacial score (nSPS) is 18.6. The molecule has 0 saturated carbocycles. The number of carbonyl (C=O) groups excluding carboxylic acids is 1. The molecule has 1 aliphatic heterocycles. The molecule has 0 N–H and O–H groups in total. The monoisotopic (exact) mass is 484 g/mol. The largest absolute Gasteiger partial charge is 0.309 e. The van der Waals surface area contributed by atoms with Gasteiger partial charge in [0.25, 0.3) is 0 Å². The molecule has 5 rings (SSSR count). The molecular weight excluding hydrogens is 464 g/mol. The molecule has 2 aromatic heterocycles. The first-order valence-corrected chi connectivity index (χ1v) is 11.4. The molecule has 0 radical (unpaired) electrons. The third kappa shape index (κ3) is 3.30. The molecule has 0 bridgehead atoms. The maximum absolute atomic E-state index is 13.3. The van der Waals surface area contributed by atoms with Crippen LogP contribution in [0.1, 0.15) is 36.3 Å². The van der Waals surface area contributed by atoms with E-state index in [0.29, 0.717) is 12.0 Å². The number of Topliss-reactive ketones (excluding diaryl/α,β-unsaturated/α-hetero) is 1. The Bertz CT molecular complexity index is 1300. The van der Waals surface area contributed by atoms with Crippen LogP contribution >= 0.6 is 15.9 Å². The first kappa shape index (κ1) is 20.5. The van der Waals surface area contributed by atoms with Crippen molar-refractivity contribution >= 4 is 33.2 Å². The molecule has 1 aromatic carbocycles. The number of hydrogen-bond donors (Lipinski definition) is 0. The van der Waals surface area contributed by atoms with Gasteiger partial charge < -0.3 is 4.57 Å². The molecule has 0 amide bonds. The SMILES string of the molecule is Cc1cc(Br)ccc1N1C2=C(C(=O)CCC2)C(c2cccnc2)C(C#N)=C1n1cccc1. The minimum absolute atomic E-state index is 0.110. The zero-order valence-corrected chi connectivity index (χ0v) is 19.2. The van der Waals surface area contributed by atoms with Crippen LogP contribution in [0.15, 0.2) is 88.6 Å². The Morgan fingerprint density at radius 2 is 1.97 bits per heavy atom. The second-order valence-corrected chi connectivity index (χ2v) is 8.98. The van der Waals surface area contributed by atoms with Crippen LogP contribution in [0.25, 0.3) is 5.82 Å². The summed E-state index contributed by atoms with van der Waals surface area (Å²) in [6.07, 6.45) is 9.45. The Labute approximate surface area is 195 Å². The van der Waals surface area contributed by atoms with Crippen LogP contribution in [0.5, 0.6) is 0 Å². The van der Waals surface area contributed by atoms with Gasteiger partial charge in [0.1, 0.15) is 5.82 Å². The van der Waals surface area contributed by atoms with Gasteiger partial charge in [0.2, 0.25) is 0 Å². The van der Waals surface area contributed by atoms with E-state index < -0.39 is 5.92 Å². The molecule has 2 aliphatic rings. The summed E-state index contributed by atoms with van der Waals surface area (Å²) in [5.74, 6) is 0.449. The van der Waals surface area contributed by atoms with E-state index in [1.807, 2.05) is 53.4 Å². The van der Waals surface area contributed by atoms with Crippen molar-refractivity contribution in [1.82, 2.24) is 9.55 Å². The van der Waals surface area contributed by atoms with E-state index in [-0.39, 0.29) is 5.78 Å². The minimum atomic E-state index is -0.430. The van der Waals surface area contributed by atoms with Crippen LogP contribution in [0.2, 0.25) is 0 Å².